The molecule has 2 rings (SSSR count). The molecule has 0 N–H and O–H groups in total. The molecular formula is C13H9BrClNO2. The first-order valence-electron chi connectivity index (χ1n) is 5.17. The Morgan fingerprint density at radius 2 is 2.00 bits per heavy atom. The number of ketones is 1. The minimum atomic E-state index is -0.0949. The maximum Gasteiger partial charge on any atom is 0.200 e. The predicted octanol–water partition coefficient (Wildman–Crippen LogP) is 3.76. The Hall–Kier alpha value is -1.39. The molecule has 0 spiro atoms. The van der Waals surface area contributed by atoms with Crippen LogP contribution in [0.25, 0.3) is 0 Å². The number of benzene rings is 1. The summed E-state index contributed by atoms with van der Waals surface area (Å²) in [5.41, 5.74) is 0.605. The van der Waals surface area contributed by atoms with Gasteiger partial charge in [-0.05, 0) is 12.1 Å². The fourth-order valence-corrected chi connectivity index (χ4v) is 1.77. The lowest BCUT2D eigenvalue weighted by atomic mass is 10.1. The molecule has 0 aliphatic rings. The first-order chi connectivity index (χ1) is 8.65. The summed E-state index contributed by atoms with van der Waals surface area (Å²) in [5, 5.41) is 0.476. The zero-order chi connectivity index (χ0) is 13.0. The van der Waals surface area contributed by atoms with Gasteiger partial charge in [0.1, 0.15) is 5.75 Å². The molecule has 0 unspecified atom stereocenters. The molecule has 5 heteroatoms. The summed E-state index contributed by atoms with van der Waals surface area (Å²) in [5.74, 6) is 0.385. The lowest BCUT2D eigenvalue weighted by molar-refractivity contribution is 0.0921. The van der Waals surface area contributed by atoms with Gasteiger partial charge in [0.15, 0.2) is 12.4 Å². The van der Waals surface area contributed by atoms with E-state index in [9.17, 15) is 4.79 Å². The van der Waals surface area contributed by atoms with Crippen molar-refractivity contribution in [3.8, 4) is 5.75 Å². The molecule has 0 fully saturated rings. The molecule has 0 saturated heterocycles. The number of halogens is 2. The van der Waals surface area contributed by atoms with Crippen molar-refractivity contribution in [2.75, 3.05) is 6.61 Å². The number of Topliss-reactive ketones (excluding diaryl/α,β-unsaturated/α-hetero) is 1. The standard InChI is InChI=1S/C13H9BrClNO2/c14-10-3-1-9(2-4-10)13(17)8-18-12-5-11(15)6-16-7-12/h1-7H,8H2. The molecule has 0 aliphatic heterocycles. The number of rotatable bonds is 4. The normalized spacial score (nSPS) is 10.1. The Labute approximate surface area is 118 Å². The Morgan fingerprint density at radius 3 is 2.67 bits per heavy atom. The van der Waals surface area contributed by atoms with Gasteiger partial charge in [0, 0.05) is 22.3 Å². The van der Waals surface area contributed by atoms with E-state index >= 15 is 0 Å². The highest BCUT2D eigenvalue weighted by Gasteiger charge is 2.07. The van der Waals surface area contributed by atoms with Crippen molar-refractivity contribution in [2.45, 2.75) is 0 Å². The van der Waals surface area contributed by atoms with Crippen LogP contribution in [-0.2, 0) is 0 Å². The van der Waals surface area contributed by atoms with E-state index in [-0.39, 0.29) is 12.4 Å². The highest BCUT2D eigenvalue weighted by Crippen LogP contribution is 2.16. The van der Waals surface area contributed by atoms with E-state index in [1.54, 1.807) is 18.2 Å². The molecule has 1 aromatic heterocycles. The average Bonchev–Trinajstić information content (AvgIpc) is 2.37. The Bertz CT molecular complexity index is 557. The number of pyridine rings is 1. The molecule has 0 aliphatic carbocycles. The maximum atomic E-state index is 11.8. The van der Waals surface area contributed by atoms with Crippen LogP contribution in [-0.4, -0.2) is 17.4 Å². The van der Waals surface area contributed by atoms with Crippen LogP contribution in [0, 0.1) is 0 Å². The second kappa shape index (κ2) is 5.98. The van der Waals surface area contributed by atoms with Gasteiger partial charge in [-0.3, -0.25) is 9.78 Å². The number of hydrogen-bond acceptors (Lipinski definition) is 3. The topological polar surface area (TPSA) is 39.2 Å². The van der Waals surface area contributed by atoms with Crippen molar-refractivity contribution in [1.29, 1.82) is 0 Å². The highest BCUT2D eigenvalue weighted by atomic mass is 79.9. The van der Waals surface area contributed by atoms with Crippen molar-refractivity contribution < 1.29 is 9.53 Å². The van der Waals surface area contributed by atoms with Crippen LogP contribution in [0.15, 0.2) is 47.2 Å². The van der Waals surface area contributed by atoms with Gasteiger partial charge in [-0.25, -0.2) is 0 Å². The number of hydrogen-bond donors (Lipinski definition) is 0. The fraction of sp³-hybridized carbons (Fsp3) is 0.0769. The molecule has 1 heterocycles. The van der Waals surface area contributed by atoms with E-state index in [1.807, 2.05) is 12.1 Å². The van der Waals surface area contributed by atoms with Crippen LogP contribution >= 0.6 is 27.5 Å². The van der Waals surface area contributed by atoms with Crippen LogP contribution in [0.5, 0.6) is 5.75 Å². The summed E-state index contributed by atoms with van der Waals surface area (Å²) >= 11 is 9.07. The van der Waals surface area contributed by atoms with Gasteiger partial charge in [0.05, 0.1) is 11.2 Å². The third-order valence-corrected chi connectivity index (χ3v) is 2.95. The van der Waals surface area contributed by atoms with E-state index in [0.717, 1.165) is 4.47 Å². The highest BCUT2D eigenvalue weighted by molar-refractivity contribution is 9.10. The van der Waals surface area contributed by atoms with Crippen molar-refractivity contribution in [2.24, 2.45) is 0 Å². The van der Waals surface area contributed by atoms with E-state index in [2.05, 4.69) is 20.9 Å². The second-order valence-corrected chi connectivity index (χ2v) is 4.91. The van der Waals surface area contributed by atoms with Crippen molar-refractivity contribution in [3.63, 3.8) is 0 Å². The van der Waals surface area contributed by atoms with Crippen LogP contribution < -0.4 is 4.74 Å². The monoisotopic (exact) mass is 325 g/mol. The van der Waals surface area contributed by atoms with E-state index in [1.165, 1.54) is 12.4 Å². The molecule has 0 atom stereocenters. The number of carbonyl (C=O) groups excluding carboxylic acids is 1. The van der Waals surface area contributed by atoms with Crippen LogP contribution in [0.2, 0.25) is 5.02 Å². The van der Waals surface area contributed by atoms with Gasteiger partial charge in [0.25, 0.3) is 0 Å². The number of ether oxygens (including phenoxy) is 1. The van der Waals surface area contributed by atoms with Crippen molar-refractivity contribution >= 4 is 33.3 Å². The average molecular weight is 327 g/mol. The van der Waals surface area contributed by atoms with Crippen LogP contribution in [0.3, 0.4) is 0 Å². The predicted molar refractivity (Wildman–Crippen MR) is 73.2 cm³/mol. The zero-order valence-corrected chi connectivity index (χ0v) is 11.6. The quantitative estimate of drug-likeness (QED) is 0.803. The lowest BCUT2D eigenvalue weighted by Crippen LogP contribution is -2.11. The van der Waals surface area contributed by atoms with Crippen LogP contribution in [0.4, 0.5) is 0 Å². The molecule has 1 aromatic carbocycles. The molecule has 0 saturated carbocycles. The molecule has 18 heavy (non-hydrogen) atoms. The Balaban J connectivity index is 1.98. The number of aromatic nitrogens is 1. The largest absolute Gasteiger partial charge is 0.484 e. The van der Waals surface area contributed by atoms with Crippen molar-refractivity contribution in [3.05, 3.63) is 57.8 Å². The van der Waals surface area contributed by atoms with Gasteiger partial charge in [0.2, 0.25) is 0 Å². The molecule has 0 bridgehead atoms. The fourth-order valence-electron chi connectivity index (χ4n) is 1.34. The van der Waals surface area contributed by atoms with E-state index < -0.39 is 0 Å². The minimum absolute atomic E-state index is 0.0380. The maximum absolute atomic E-state index is 11.8. The van der Waals surface area contributed by atoms with Gasteiger partial charge in [-0.2, -0.15) is 0 Å². The SMILES string of the molecule is O=C(COc1cncc(Cl)c1)c1ccc(Br)cc1. The number of carbonyl (C=O) groups is 1. The Kier molecular flexibility index (Phi) is 4.33. The van der Waals surface area contributed by atoms with Gasteiger partial charge in [-0.1, -0.05) is 39.7 Å². The summed E-state index contributed by atoms with van der Waals surface area (Å²) < 4.78 is 6.25. The summed E-state index contributed by atoms with van der Waals surface area (Å²) in [6.45, 7) is -0.0380. The first-order valence-corrected chi connectivity index (χ1v) is 6.34. The molecule has 0 radical (unpaired) electrons. The molecule has 3 nitrogen and oxygen atoms in total. The molecule has 2 aromatic rings. The zero-order valence-electron chi connectivity index (χ0n) is 9.27. The summed E-state index contributed by atoms with van der Waals surface area (Å²) in [4.78, 5) is 15.7. The summed E-state index contributed by atoms with van der Waals surface area (Å²) in [6, 6.07) is 8.73. The van der Waals surface area contributed by atoms with Gasteiger partial charge >= 0.3 is 0 Å². The van der Waals surface area contributed by atoms with Crippen LogP contribution in [0.1, 0.15) is 10.4 Å². The molecule has 92 valence electrons. The third-order valence-electron chi connectivity index (χ3n) is 2.22. The first kappa shape index (κ1) is 13.1. The van der Waals surface area contributed by atoms with E-state index in [4.69, 9.17) is 16.3 Å². The summed E-state index contributed by atoms with van der Waals surface area (Å²) in [6.07, 6.45) is 3.02. The molecular weight excluding hydrogens is 318 g/mol. The second-order valence-electron chi connectivity index (χ2n) is 3.56. The molecule has 0 amide bonds. The Morgan fingerprint density at radius 1 is 1.28 bits per heavy atom. The third kappa shape index (κ3) is 3.55. The van der Waals surface area contributed by atoms with Gasteiger partial charge in [-0.15, -0.1) is 0 Å². The van der Waals surface area contributed by atoms with Crippen molar-refractivity contribution in [1.82, 2.24) is 4.98 Å². The lowest BCUT2D eigenvalue weighted by Gasteiger charge is -2.05. The minimum Gasteiger partial charge on any atom is -0.484 e. The smallest absolute Gasteiger partial charge is 0.200 e. The summed E-state index contributed by atoms with van der Waals surface area (Å²) in [7, 11) is 0. The number of nitrogens with zero attached hydrogens (tertiary/aromatic N) is 1. The van der Waals surface area contributed by atoms with E-state index in [0.29, 0.717) is 16.3 Å². The van der Waals surface area contributed by atoms with Gasteiger partial charge < -0.3 is 4.74 Å².